The molecule has 0 atom stereocenters. The van der Waals surface area contributed by atoms with E-state index in [-0.39, 0.29) is 18.4 Å². The Hall–Kier alpha value is -1.92. The van der Waals surface area contributed by atoms with Crippen LogP contribution in [0.25, 0.3) is 10.6 Å². The topological polar surface area (TPSA) is 62.3 Å². The molecule has 0 fully saturated rings. The van der Waals surface area contributed by atoms with Gasteiger partial charge in [0.15, 0.2) is 0 Å². The van der Waals surface area contributed by atoms with E-state index >= 15 is 0 Å². The first-order valence-corrected chi connectivity index (χ1v) is 8.95. The molecule has 24 heavy (non-hydrogen) atoms. The highest BCUT2D eigenvalue weighted by Crippen LogP contribution is 2.30. The molecule has 7 heteroatoms. The molecule has 0 aliphatic rings. The zero-order valence-corrected chi connectivity index (χ0v) is 15.5. The molecule has 2 rings (SSSR count). The zero-order chi connectivity index (χ0) is 17.7. The van der Waals surface area contributed by atoms with E-state index in [0.29, 0.717) is 28.7 Å². The molecule has 1 aromatic heterocycles. The van der Waals surface area contributed by atoms with E-state index in [9.17, 15) is 9.59 Å². The van der Waals surface area contributed by atoms with Crippen molar-refractivity contribution in [1.29, 1.82) is 0 Å². The number of thiazole rings is 1. The number of carbonyl (C=O) groups excluding carboxylic acids is 2. The highest BCUT2D eigenvalue weighted by molar-refractivity contribution is 7.17. The van der Waals surface area contributed by atoms with Gasteiger partial charge in [0.2, 0.25) is 5.91 Å². The summed E-state index contributed by atoms with van der Waals surface area (Å²) in [5.41, 5.74) is 1.54. The van der Waals surface area contributed by atoms with Gasteiger partial charge in [-0.15, -0.1) is 11.3 Å². The number of rotatable bonds is 6. The number of carbonyl (C=O) groups is 2. The summed E-state index contributed by atoms with van der Waals surface area (Å²) < 4.78 is 0. The monoisotopic (exact) mass is 365 g/mol. The number of hydrogen-bond acceptors (Lipinski definition) is 4. The van der Waals surface area contributed by atoms with Crippen LogP contribution in [-0.4, -0.2) is 41.3 Å². The van der Waals surface area contributed by atoms with Gasteiger partial charge < -0.3 is 10.2 Å². The Labute approximate surface area is 150 Å². The minimum atomic E-state index is -0.174. The maximum Gasteiger partial charge on any atom is 0.266 e. The fourth-order valence-corrected chi connectivity index (χ4v) is 3.46. The molecule has 5 nitrogen and oxygen atoms in total. The predicted octanol–water partition coefficient (Wildman–Crippen LogP) is 3.37. The molecule has 0 saturated heterocycles. The second kappa shape index (κ2) is 8.26. The molecule has 0 aliphatic carbocycles. The number of halogens is 1. The molecule has 0 unspecified atom stereocenters. The molecule has 1 heterocycles. The maximum absolute atomic E-state index is 12.7. The highest BCUT2D eigenvalue weighted by atomic mass is 35.5. The highest BCUT2D eigenvalue weighted by Gasteiger charge is 2.22. The van der Waals surface area contributed by atoms with Gasteiger partial charge in [-0.25, -0.2) is 4.98 Å². The molecule has 0 radical (unpaired) electrons. The number of aryl methyl sites for hydroxylation is 1. The summed E-state index contributed by atoms with van der Waals surface area (Å²) in [7, 11) is 0. The number of nitrogens with one attached hydrogen (secondary N) is 1. The summed E-state index contributed by atoms with van der Waals surface area (Å²) in [6.45, 7) is 6.56. The summed E-state index contributed by atoms with van der Waals surface area (Å²) in [6.07, 6.45) is 0. The number of hydrogen-bond donors (Lipinski definition) is 1. The molecule has 2 amide bonds. The van der Waals surface area contributed by atoms with Gasteiger partial charge >= 0.3 is 0 Å². The number of benzene rings is 1. The van der Waals surface area contributed by atoms with Crippen LogP contribution in [0.1, 0.15) is 29.2 Å². The van der Waals surface area contributed by atoms with Crippen LogP contribution in [0.3, 0.4) is 0 Å². The molecular formula is C17H20ClN3O2S. The number of nitrogens with zero attached hydrogens (tertiary/aromatic N) is 2. The molecule has 0 aliphatic heterocycles. The van der Waals surface area contributed by atoms with Crippen LogP contribution in [0, 0.1) is 6.92 Å². The van der Waals surface area contributed by atoms with Crippen molar-refractivity contribution in [3.8, 4) is 10.6 Å². The van der Waals surface area contributed by atoms with Crippen molar-refractivity contribution in [3.05, 3.63) is 39.9 Å². The zero-order valence-electron chi connectivity index (χ0n) is 13.9. The first-order valence-electron chi connectivity index (χ1n) is 7.75. The molecule has 1 N–H and O–H groups in total. The van der Waals surface area contributed by atoms with Crippen molar-refractivity contribution in [2.45, 2.75) is 20.8 Å². The van der Waals surface area contributed by atoms with E-state index in [2.05, 4.69) is 10.3 Å². The minimum Gasteiger partial charge on any atom is -0.355 e. The van der Waals surface area contributed by atoms with E-state index < -0.39 is 0 Å². The Morgan fingerprint density at radius 2 is 2.08 bits per heavy atom. The summed E-state index contributed by atoms with van der Waals surface area (Å²) in [5, 5.41) is 4.08. The van der Waals surface area contributed by atoms with Gasteiger partial charge in [-0.05, 0) is 32.9 Å². The van der Waals surface area contributed by atoms with E-state index in [1.165, 1.54) is 16.2 Å². The summed E-state index contributed by atoms with van der Waals surface area (Å²) in [6, 6.07) is 7.37. The van der Waals surface area contributed by atoms with Crippen LogP contribution in [0.5, 0.6) is 0 Å². The lowest BCUT2D eigenvalue weighted by Crippen LogP contribution is -2.40. The van der Waals surface area contributed by atoms with Crippen LogP contribution in [0.4, 0.5) is 0 Å². The normalized spacial score (nSPS) is 10.5. The lowest BCUT2D eigenvalue weighted by Gasteiger charge is -2.19. The fraction of sp³-hybridized carbons (Fsp3) is 0.353. The molecule has 0 saturated carbocycles. The van der Waals surface area contributed by atoms with Crippen molar-refractivity contribution in [2.75, 3.05) is 19.6 Å². The summed E-state index contributed by atoms with van der Waals surface area (Å²) >= 11 is 7.34. The van der Waals surface area contributed by atoms with E-state index in [1.807, 2.05) is 32.0 Å². The second-order valence-corrected chi connectivity index (χ2v) is 6.65. The Morgan fingerprint density at radius 3 is 2.71 bits per heavy atom. The summed E-state index contributed by atoms with van der Waals surface area (Å²) in [5.74, 6) is -0.336. The first-order chi connectivity index (χ1) is 11.5. The Balaban J connectivity index is 2.24. The molecule has 1 aromatic carbocycles. The third kappa shape index (κ3) is 4.33. The third-order valence-corrected chi connectivity index (χ3v) is 4.87. The number of aromatic nitrogens is 1. The van der Waals surface area contributed by atoms with Crippen molar-refractivity contribution < 1.29 is 9.59 Å². The SMILES string of the molecule is CCNC(=O)CN(CC)C(=O)c1sc(-c2cccc(Cl)c2)nc1C. The van der Waals surface area contributed by atoms with Gasteiger partial charge in [0.25, 0.3) is 5.91 Å². The van der Waals surface area contributed by atoms with Crippen LogP contribution in [0.15, 0.2) is 24.3 Å². The van der Waals surface area contributed by atoms with Crippen LogP contribution >= 0.6 is 22.9 Å². The molecule has 0 bridgehead atoms. The quantitative estimate of drug-likeness (QED) is 0.853. The Bertz CT molecular complexity index is 745. The minimum absolute atomic E-state index is 0.0486. The number of likely N-dealkylation sites (N-methyl/N-ethyl adjacent to an activating group) is 2. The number of amides is 2. The molecule has 2 aromatic rings. The second-order valence-electron chi connectivity index (χ2n) is 5.22. The average Bonchev–Trinajstić information content (AvgIpc) is 2.94. The molecule has 128 valence electrons. The van der Waals surface area contributed by atoms with Gasteiger partial charge in [0, 0.05) is 23.7 Å². The first kappa shape index (κ1) is 18.4. The Kier molecular flexibility index (Phi) is 6.34. The lowest BCUT2D eigenvalue weighted by atomic mass is 10.2. The van der Waals surface area contributed by atoms with Crippen molar-refractivity contribution in [1.82, 2.24) is 15.2 Å². The molecule has 0 spiro atoms. The van der Waals surface area contributed by atoms with Gasteiger partial charge in [0.1, 0.15) is 9.88 Å². The van der Waals surface area contributed by atoms with E-state index in [0.717, 1.165) is 10.6 Å². The van der Waals surface area contributed by atoms with Crippen molar-refractivity contribution in [3.63, 3.8) is 0 Å². The smallest absolute Gasteiger partial charge is 0.266 e. The van der Waals surface area contributed by atoms with Crippen LogP contribution < -0.4 is 5.32 Å². The van der Waals surface area contributed by atoms with Gasteiger partial charge in [-0.1, -0.05) is 23.7 Å². The summed E-state index contributed by atoms with van der Waals surface area (Å²) in [4.78, 5) is 31.1. The average molecular weight is 366 g/mol. The van der Waals surface area contributed by atoms with E-state index in [1.54, 1.807) is 13.0 Å². The maximum atomic E-state index is 12.7. The van der Waals surface area contributed by atoms with Crippen LogP contribution in [-0.2, 0) is 4.79 Å². The predicted molar refractivity (Wildman–Crippen MR) is 97.6 cm³/mol. The third-order valence-electron chi connectivity index (χ3n) is 3.44. The standard InChI is InChI=1S/C17H20ClN3O2S/c1-4-19-14(22)10-21(5-2)17(23)15-11(3)20-16(24-15)12-7-6-8-13(18)9-12/h6-9H,4-5,10H2,1-3H3,(H,19,22). The van der Waals surface area contributed by atoms with Gasteiger partial charge in [-0.2, -0.15) is 0 Å². The lowest BCUT2D eigenvalue weighted by molar-refractivity contribution is -0.121. The van der Waals surface area contributed by atoms with Gasteiger partial charge in [-0.3, -0.25) is 9.59 Å². The van der Waals surface area contributed by atoms with Crippen molar-refractivity contribution in [2.24, 2.45) is 0 Å². The molecular weight excluding hydrogens is 346 g/mol. The van der Waals surface area contributed by atoms with Gasteiger partial charge in [0.05, 0.1) is 12.2 Å². The van der Waals surface area contributed by atoms with Crippen LogP contribution in [0.2, 0.25) is 5.02 Å². The van der Waals surface area contributed by atoms with E-state index in [4.69, 9.17) is 11.6 Å². The fourth-order valence-electron chi connectivity index (χ4n) is 2.24. The largest absolute Gasteiger partial charge is 0.355 e. The Morgan fingerprint density at radius 1 is 1.33 bits per heavy atom. The van der Waals surface area contributed by atoms with Crippen molar-refractivity contribution >= 4 is 34.8 Å².